The topological polar surface area (TPSA) is 53.6 Å². The molecule has 2 aromatic heterocycles. The summed E-state index contributed by atoms with van der Waals surface area (Å²) in [7, 11) is 0. The van der Waals surface area contributed by atoms with Gasteiger partial charge in [-0.15, -0.1) is 11.8 Å². The van der Waals surface area contributed by atoms with Crippen LogP contribution < -0.4 is 5.32 Å². The summed E-state index contributed by atoms with van der Waals surface area (Å²) in [5.41, 5.74) is 4.70. The highest BCUT2D eigenvalue weighted by molar-refractivity contribution is 7.99. The summed E-state index contributed by atoms with van der Waals surface area (Å²) in [6.07, 6.45) is 6.71. The predicted octanol–water partition coefficient (Wildman–Crippen LogP) is 3.80. The van der Waals surface area contributed by atoms with Crippen molar-refractivity contribution in [2.24, 2.45) is 0 Å². The molecule has 23 heavy (non-hydrogen) atoms. The number of pyridine rings is 1. The first kappa shape index (κ1) is 14.5. The zero-order valence-corrected chi connectivity index (χ0v) is 13.5. The summed E-state index contributed by atoms with van der Waals surface area (Å²) in [5.74, 6) is 1.16. The number of hydrogen-bond acceptors (Lipinski definition) is 4. The Morgan fingerprint density at radius 2 is 2.13 bits per heavy atom. The largest absolute Gasteiger partial charge is 0.306 e. The van der Waals surface area contributed by atoms with Crippen LogP contribution in [0.4, 0.5) is 0 Å². The fourth-order valence-corrected chi connectivity index (χ4v) is 4.12. The number of thioether (sulfide) groups is 1. The van der Waals surface area contributed by atoms with E-state index in [0.29, 0.717) is 6.04 Å². The summed E-state index contributed by atoms with van der Waals surface area (Å²) in [6, 6.07) is 13.1. The third-order valence-corrected chi connectivity index (χ3v) is 5.29. The summed E-state index contributed by atoms with van der Waals surface area (Å²) in [4.78, 5) is 5.59. The molecular formula is C18H18N4S. The second-order valence-corrected chi connectivity index (χ2v) is 6.76. The highest BCUT2D eigenvalue weighted by Crippen LogP contribution is 2.36. The minimum atomic E-state index is 0.407. The first-order valence-electron chi connectivity index (χ1n) is 7.79. The second kappa shape index (κ2) is 6.56. The van der Waals surface area contributed by atoms with Gasteiger partial charge in [-0.05, 0) is 35.9 Å². The zero-order valence-electron chi connectivity index (χ0n) is 12.7. The normalized spacial score (nSPS) is 17.0. The summed E-state index contributed by atoms with van der Waals surface area (Å²) >= 11 is 1.95. The average molecular weight is 322 g/mol. The first-order chi connectivity index (χ1) is 11.4. The molecule has 0 radical (unpaired) electrons. The molecule has 116 valence electrons. The van der Waals surface area contributed by atoms with Crippen LogP contribution in [0.15, 0.2) is 59.9 Å². The van der Waals surface area contributed by atoms with Gasteiger partial charge in [0.25, 0.3) is 0 Å². The number of nitrogens with one attached hydrogen (secondary N) is 2. The van der Waals surface area contributed by atoms with Crippen molar-refractivity contribution >= 4 is 11.8 Å². The summed E-state index contributed by atoms with van der Waals surface area (Å²) in [5, 5.41) is 11.0. The van der Waals surface area contributed by atoms with Gasteiger partial charge in [-0.25, -0.2) is 0 Å². The minimum Gasteiger partial charge on any atom is -0.306 e. The molecule has 0 spiro atoms. The smallest absolute Gasteiger partial charge is 0.0710 e. The van der Waals surface area contributed by atoms with Crippen LogP contribution in [-0.2, 0) is 6.54 Å². The molecule has 0 saturated carbocycles. The van der Waals surface area contributed by atoms with Crippen LogP contribution in [0.25, 0.3) is 11.3 Å². The Kier molecular flexibility index (Phi) is 4.13. The van der Waals surface area contributed by atoms with Crippen molar-refractivity contribution in [1.82, 2.24) is 20.5 Å². The molecule has 3 heterocycles. The van der Waals surface area contributed by atoms with Crippen molar-refractivity contribution in [3.63, 3.8) is 0 Å². The van der Waals surface area contributed by atoms with E-state index < -0.39 is 0 Å². The number of H-pyrrole nitrogens is 1. The van der Waals surface area contributed by atoms with Gasteiger partial charge in [-0.3, -0.25) is 10.1 Å². The molecule has 1 aliphatic heterocycles. The molecule has 2 N–H and O–H groups in total. The molecule has 0 aliphatic carbocycles. The van der Waals surface area contributed by atoms with Crippen LogP contribution in [0.3, 0.4) is 0 Å². The van der Waals surface area contributed by atoms with E-state index in [1.165, 1.54) is 16.0 Å². The zero-order chi connectivity index (χ0) is 15.5. The Morgan fingerprint density at radius 3 is 3.04 bits per heavy atom. The van der Waals surface area contributed by atoms with Gasteiger partial charge in [0.2, 0.25) is 0 Å². The van der Waals surface area contributed by atoms with Crippen LogP contribution in [0, 0.1) is 0 Å². The standard InChI is InChI=1S/C18H18N4S/c1-2-6-17-15(5-1)16(7-9-23-17)20-11-14-12-21-22-18(14)13-4-3-8-19-10-13/h1-6,8,10,12,16,20H,7,9,11H2,(H,21,22). The van der Waals surface area contributed by atoms with Crippen LogP contribution in [0.2, 0.25) is 0 Å². The monoisotopic (exact) mass is 322 g/mol. The molecule has 4 nitrogen and oxygen atoms in total. The quantitative estimate of drug-likeness (QED) is 0.767. The molecule has 1 aliphatic rings. The van der Waals surface area contributed by atoms with Gasteiger partial charge >= 0.3 is 0 Å². The van der Waals surface area contributed by atoms with Crippen molar-refractivity contribution in [2.75, 3.05) is 5.75 Å². The third kappa shape index (κ3) is 3.02. The van der Waals surface area contributed by atoms with Gasteiger partial charge in [0.15, 0.2) is 0 Å². The maximum atomic E-state index is 4.21. The molecule has 0 saturated heterocycles. The van der Waals surface area contributed by atoms with E-state index in [2.05, 4.69) is 50.8 Å². The van der Waals surface area contributed by atoms with Gasteiger partial charge in [-0.1, -0.05) is 18.2 Å². The van der Waals surface area contributed by atoms with E-state index in [1.54, 1.807) is 6.20 Å². The summed E-state index contributed by atoms with van der Waals surface area (Å²) < 4.78 is 0. The van der Waals surface area contributed by atoms with Crippen LogP contribution >= 0.6 is 11.8 Å². The van der Waals surface area contributed by atoms with E-state index in [0.717, 1.165) is 30.0 Å². The van der Waals surface area contributed by atoms with Gasteiger partial charge in [0.05, 0.1) is 11.9 Å². The first-order valence-corrected chi connectivity index (χ1v) is 8.78. The van der Waals surface area contributed by atoms with E-state index in [-0.39, 0.29) is 0 Å². The van der Waals surface area contributed by atoms with Crippen LogP contribution in [0.1, 0.15) is 23.6 Å². The molecular weight excluding hydrogens is 304 g/mol. The van der Waals surface area contributed by atoms with Gasteiger partial charge in [-0.2, -0.15) is 5.10 Å². The minimum absolute atomic E-state index is 0.407. The van der Waals surface area contributed by atoms with Gasteiger partial charge < -0.3 is 5.32 Å². The van der Waals surface area contributed by atoms with E-state index >= 15 is 0 Å². The van der Waals surface area contributed by atoms with Gasteiger partial charge in [0.1, 0.15) is 0 Å². The number of aromatic nitrogens is 3. The number of fused-ring (bicyclic) bond motifs is 1. The number of hydrogen-bond donors (Lipinski definition) is 2. The molecule has 0 fully saturated rings. The van der Waals surface area contributed by atoms with Crippen molar-refractivity contribution < 1.29 is 0 Å². The highest BCUT2D eigenvalue weighted by atomic mass is 32.2. The van der Waals surface area contributed by atoms with Crippen molar-refractivity contribution in [3.8, 4) is 11.3 Å². The molecule has 5 heteroatoms. The van der Waals surface area contributed by atoms with Crippen molar-refractivity contribution in [2.45, 2.75) is 23.9 Å². The lowest BCUT2D eigenvalue weighted by Crippen LogP contribution is -2.24. The molecule has 4 rings (SSSR count). The number of benzene rings is 1. The van der Waals surface area contributed by atoms with Crippen molar-refractivity contribution in [3.05, 3.63) is 66.1 Å². The molecule has 0 bridgehead atoms. The maximum absolute atomic E-state index is 4.21. The van der Waals surface area contributed by atoms with E-state index in [9.17, 15) is 0 Å². The number of nitrogens with zero attached hydrogens (tertiary/aromatic N) is 2. The fraction of sp³-hybridized carbons (Fsp3) is 0.222. The Labute approximate surface area is 139 Å². The Bertz CT molecular complexity index is 784. The predicted molar refractivity (Wildman–Crippen MR) is 93.2 cm³/mol. The Balaban J connectivity index is 1.52. The Hall–Kier alpha value is -2.11. The van der Waals surface area contributed by atoms with E-state index in [4.69, 9.17) is 0 Å². The van der Waals surface area contributed by atoms with Crippen LogP contribution in [0.5, 0.6) is 0 Å². The third-order valence-electron chi connectivity index (χ3n) is 4.17. The molecule has 1 atom stereocenters. The SMILES string of the molecule is c1cncc(-c2[nH]ncc2CNC2CCSc3ccccc32)c1. The number of aromatic amines is 1. The molecule has 1 aromatic carbocycles. The Morgan fingerprint density at radius 1 is 1.17 bits per heavy atom. The van der Waals surface area contributed by atoms with E-state index in [1.807, 2.05) is 30.2 Å². The van der Waals surface area contributed by atoms with Gasteiger partial charge in [0, 0.05) is 41.0 Å². The highest BCUT2D eigenvalue weighted by Gasteiger charge is 2.20. The molecule has 3 aromatic rings. The lowest BCUT2D eigenvalue weighted by molar-refractivity contribution is 0.510. The average Bonchev–Trinajstić information content (AvgIpc) is 3.09. The van der Waals surface area contributed by atoms with Crippen molar-refractivity contribution in [1.29, 1.82) is 0 Å². The lowest BCUT2D eigenvalue weighted by atomic mass is 10.0. The lowest BCUT2D eigenvalue weighted by Gasteiger charge is -2.26. The van der Waals surface area contributed by atoms with Crippen LogP contribution in [-0.4, -0.2) is 20.9 Å². The second-order valence-electron chi connectivity index (χ2n) is 5.62. The number of rotatable bonds is 4. The maximum Gasteiger partial charge on any atom is 0.0710 e. The molecule has 1 unspecified atom stereocenters. The summed E-state index contributed by atoms with van der Waals surface area (Å²) in [6.45, 7) is 0.796. The molecule has 0 amide bonds. The fourth-order valence-electron chi connectivity index (χ4n) is 2.99.